The number of ether oxygens (including phenoxy) is 1. The second-order valence-electron chi connectivity index (χ2n) is 5.67. The minimum atomic E-state index is -3.57. The van der Waals surface area contributed by atoms with Crippen LogP contribution in [0.4, 0.5) is 0 Å². The third-order valence-corrected chi connectivity index (χ3v) is 5.78. The zero-order valence-electron chi connectivity index (χ0n) is 13.4. The van der Waals surface area contributed by atoms with E-state index in [1.54, 1.807) is 42.7 Å². The van der Waals surface area contributed by atoms with Crippen molar-refractivity contribution in [3.8, 4) is 0 Å². The zero-order chi connectivity index (χ0) is 16.6. The van der Waals surface area contributed by atoms with Crippen LogP contribution in [0.1, 0.15) is 24.0 Å². The van der Waals surface area contributed by atoms with Gasteiger partial charge in [0.15, 0.2) is 5.03 Å². The largest absolute Gasteiger partial charge is 0.378 e. The van der Waals surface area contributed by atoms with E-state index in [4.69, 9.17) is 4.74 Å². The minimum absolute atomic E-state index is 0.0207. The van der Waals surface area contributed by atoms with Gasteiger partial charge in [0.1, 0.15) is 11.5 Å². The average molecular weight is 340 g/mol. The van der Waals surface area contributed by atoms with Crippen molar-refractivity contribution in [2.24, 2.45) is 7.05 Å². The Hall–Kier alpha value is -1.78. The van der Waals surface area contributed by atoms with Gasteiger partial charge in [-0.3, -0.25) is 0 Å². The highest BCUT2D eigenvalue weighted by Gasteiger charge is 2.35. The van der Waals surface area contributed by atoms with Crippen LogP contribution in [-0.4, -0.2) is 57.5 Å². The Morgan fingerprint density at radius 2 is 2.17 bits per heavy atom. The fraction of sp³-hybridized carbons (Fsp3) is 0.615. The van der Waals surface area contributed by atoms with Crippen molar-refractivity contribution in [3.05, 3.63) is 23.9 Å². The summed E-state index contributed by atoms with van der Waals surface area (Å²) in [6.45, 7) is 2.98. The van der Waals surface area contributed by atoms with E-state index in [0.717, 1.165) is 5.69 Å². The minimum Gasteiger partial charge on any atom is -0.378 e. The molecule has 23 heavy (non-hydrogen) atoms. The Kier molecular flexibility index (Phi) is 4.21. The number of methoxy groups -OCH3 is 1. The maximum absolute atomic E-state index is 12.7. The van der Waals surface area contributed by atoms with Gasteiger partial charge in [-0.1, -0.05) is 5.21 Å². The maximum Gasteiger partial charge on any atom is 0.262 e. The molecule has 0 bridgehead atoms. The van der Waals surface area contributed by atoms with Crippen LogP contribution in [0.2, 0.25) is 0 Å². The topological polar surface area (TPSA) is 95.1 Å². The second kappa shape index (κ2) is 6.02. The van der Waals surface area contributed by atoms with Crippen LogP contribution in [0.15, 0.2) is 17.4 Å². The van der Waals surface area contributed by atoms with Gasteiger partial charge in [-0.05, 0) is 13.3 Å². The van der Waals surface area contributed by atoms with Gasteiger partial charge in [0.05, 0.1) is 18.8 Å². The van der Waals surface area contributed by atoms with E-state index in [-0.39, 0.29) is 11.1 Å². The lowest BCUT2D eigenvalue weighted by atomic mass is 10.3. The quantitative estimate of drug-likeness (QED) is 0.766. The molecule has 0 N–H and O–H groups in total. The van der Waals surface area contributed by atoms with Crippen molar-refractivity contribution >= 4 is 10.0 Å². The molecule has 1 fully saturated rings. The smallest absolute Gasteiger partial charge is 0.262 e. The second-order valence-corrected chi connectivity index (χ2v) is 7.55. The summed E-state index contributed by atoms with van der Waals surface area (Å²) < 4.78 is 35.2. The zero-order valence-corrected chi connectivity index (χ0v) is 14.2. The fourth-order valence-corrected chi connectivity index (χ4v) is 4.15. The molecule has 1 saturated heterocycles. The van der Waals surface area contributed by atoms with Crippen LogP contribution in [0.25, 0.3) is 0 Å². The summed E-state index contributed by atoms with van der Waals surface area (Å²) in [4.78, 5) is 4.13. The van der Waals surface area contributed by atoms with E-state index in [1.807, 2.05) is 0 Å². The van der Waals surface area contributed by atoms with E-state index >= 15 is 0 Å². The monoisotopic (exact) mass is 340 g/mol. The summed E-state index contributed by atoms with van der Waals surface area (Å²) in [5.41, 5.74) is 0.731. The first-order chi connectivity index (χ1) is 10.9. The van der Waals surface area contributed by atoms with Crippen LogP contribution in [0.3, 0.4) is 0 Å². The highest BCUT2D eigenvalue weighted by Crippen LogP contribution is 2.26. The first-order valence-corrected chi connectivity index (χ1v) is 8.75. The number of imidazole rings is 1. The number of rotatable bonds is 5. The summed E-state index contributed by atoms with van der Waals surface area (Å²) in [6, 6.07) is -0.0207. The lowest BCUT2D eigenvalue weighted by molar-refractivity contribution is 0.181. The molecule has 0 radical (unpaired) electrons. The maximum atomic E-state index is 12.7. The predicted octanol–water partition coefficient (Wildman–Crippen LogP) is 0.102. The van der Waals surface area contributed by atoms with Crippen LogP contribution < -0.4 is 0 Å². The summed E-state index contributed by atoms with van der Waals surface area (Å²) in [7, 11) is -0.196. The molecule has 0 saturated carbocycles. The Labute approximate surface area is 134 Å². The van der Waals surface area contributed by atoms with Crippen LogP contribution in [0.5, 0.6) is 0 Å². The number of aryl methyl sites for hydroxylation is 2. The number of nitrogens with zero attached hydrogens (tertiary/aromatic N) is 6. The summed E-state index contributed by atoms with van der Waals surface area (Å²) in [5.74, 6) is 0.666. The summed E-state index contributed by atoms with van der Waals surface area (Å²) in [5, 5.41) is 8.18. The fourth-order valence-electron chi connectivity index (χ4n) is 2.63. The molecule has 0 amide bonds. The van der Waals surface area contributed by atoms with E-state index in [1.165, 1.54) is 4.31 Å². The molecule has 126 valence electrons. The molecule has 3 rings (SSSR count). The summed E-state index contributed by atoms with van der Waals surface area (Å²) >= 11 is 0. The van der Waals surface area contributed by atoms with Gasteiger partial charge in [-0.15, -0.1) is 5.10 Å². The molecule has 3 heterocycles. The molecule has 0 aromatic carbocycles. The Bertz CT molecular complexity index is 777. The van der Waals surface area contributed by atoms with Gasteiger partial charge >= 0.3 is 0 Å². The number of sulfonamides is 1. The van der Waals surface area contributed by atoms with E-state index in [0.29, 0.717) is 31.9 Å². The highest BCUT2D eigenvalue weighted by molar-refractivity contribution is 7.89. The lowest BCUT2D eigenvalue weighted by Crippen LogP contribution is -2.29. The van der Waals surface area contributed by atoms with Gasteiger partial charge < -0.3 is 9.30 Å². The number of hydrogen-bond acceptors (Lipinski definition) is 6. The molecule has 1 aliphatic rings. The molecular weight excluding hydrogens is 320 g/mol. The Morgan fingerprint density at radius 1 is 1.39 bits per heavy atom. The number of hydrogen-bond donors (Lipinski definition) is 0. The molecule has 1 aliphatic heterocycles. The van der Waals surface area contributed by atoms with Gasteiger partial charge in [0.2, 0.25) is 0 Å². The van der Waals surface area contributed by atoms with Gasteiger partial charge in [0, 0.05) is 33.4 Å². The van der Waals surface area contributed by atoms with Crippen LogP contribution in [0, 0.1) is 6.92 Å². The summed E-state index contributed by atoms with van der Waals surface area (Å²) in [6.07, 6.45) is 4.04. The standard InChI is InChI=1S/C13H20N6O3S/c1-10-14-13(8-17(10)2)23(20,21)18-5-4-12(7-18)19-6-11(9-22-3)15-16-19/h6,8,12H,4-5,7,9H2,1-3H3/t12-/m1/s1. The lowest BCUT2D eigenvalue weighted by Gasteiger charge is -2.14. The van der Waals surface area contributed by atoms with Crippen molar-refractivity contribution < 1.29 is 13.2 Å². The van der Waals surface area contributed by atoms with Crippen molar-refractivity contribution in [2.45, 2.75) is 31.0 Å². The van der Waals surface area contributed by atoms with Crippen molar-refractivity contribution in [3.63, 3.8) is 0 Å². The van der Waals surface area contributed by atoms with Crippen LogP contribution >= 0.6 is 0 Å². The van der Waals surface area contributed by atoms with Gasteiger partial charge in [-0.2, -0.15) is 4.31 Å². The molecule has 0 spiro atoms. The first-order valence-electron chi connectivity index (χ1n) is 7.31. The average Bonchev–Trinajstić information content (AvgIpc) is 3.20. The van der Waals surface area contributed by atoms with E-state index in [2.05, 4.69) is 15.3 Å². The first kappa shape index (κ1) is 16.1. The molecule has 1 atom stereocenters. The van der Waals surface area contributed by atoms with E-state index in [9.17, 15) is 8.42 Å². The van der Waals surface area contributed by atoms with Crippen LogP contribution in [-0.2, 0) is 28.4 Å². The number of aromatic nitrogens is 5. The molecule has 2 aromatic rings. The highest BCUT2D eigenvalue weighted by atomic mass is 32.2. The van der Waals surface area contributed by atoms with Crippen molar-refractivity contribution in [2.75, 3.05) is 20.2 Å². The Morgan fingerprint density at radius 3 is 2.83 bits per heavy atom. The molecule has 0 unspecified atom stereocenters. The molecular formula is C13H20N6O3S. The molecule has 0 aliphatic carbocycles. The molecule has 2 aromatic heterocycles. The van der Waals surface area contributed by atoms with E-state index < -0.39 is 10.0 Å². The van der Waals surface area contributed by atoms with Gasteiger partial charge in [0.25, 0.3) is 10.0 Å². The third-order valence-electron chi connectivity index (χ3n) is 4.04. The Balaban J connectivity index is 1.75. The molecule has 10 heteroatoms. The normalized spacial score (nSPS) is 19.5. The third kappa shape index (κ3) is 3.01. The van der Waals surface area contributed by atoms with Crippen molar-refractivity contribution in [1.82, 2.24) is 28.9 Å². The SMILES string of the molecule is COCc1cn([C@@H]2CCN(S(=O)(=O)c3cn(C)c(C)n3)C2)nn1. The molecule has 9 nitrogen and oxygen atoms in total. The van der Waals surface area contributed by atoms with Crippen molar-refractivity contribution in [1.29, 1.82) is 0 Å². The predicted molar refractivity (Wildman–Crippen MR) is 81.1 cm³/mol. The van der Waals surface area contributed by atoms with Gasteiger partial charge in [-0.25, -0.2) is 18.1 Å².